The second-order valence-corrected chi connectivity index (χ2v) is 9.32. The Morgan fingerprint density at radius 2 is 1.94 bits per heavy atom. The molecule has 1 fully saturated rings. The number of aryl methyl sites for hydroxylation is 1. The molecule has 4 rings (SSSR count). The minimum atomic E-state index is -0.132. The Balaban J connectivity index is 1.27. The molecule has 0 saturated carbocycles. The first-order valence-electron chi connectivity index (χ1n) is 12.0. The summed E-state index contributed by atoms with van der Waals surface area (Å²) in [7, 11) is 2.14. The molecule has 1 aliphatic rings. The molecule has 3 aromatic rings. The monoisotopic (exact) mass is 496 g/mol. The molecule has 7 nitrogen and oxygen atoms in total. The molecule has 186 valence electrons. The summed E-state index contributed by atoms with van der Waals surface area (Å²) >= 11 is 6.25. The molecule has 0 unspecified atom stereocenters. The molecule has 1 amide bonds. The molecule has 35 heavy (non-hydrogen) atoms. The number of carbonyl (C=O) groups is 1. The molecule has 1 N–H and O–H groups in total. The number of carbonyl (C=O) groups excluding carboxylic acids is 1. The Kier molecular flexibility index (Phi) is 8.44. The molecule has 0 atom stereocenters. The summed E-state index contributed by atoms with van der Waals surface area (Å²) < 4.78 is 13.2. The van der Waals surface area contributed by atoms with Gasteiger partial charge in [-0.2, -0.15) is 5.10 Å². The van der Waals surface area contributed by atoms with Crippen LogP contribution in [-0.4, -0.2) is 60.0 Å². The van der Waals surface area contributed by atoms with Crippen LogP contribution in [0.2, 0.25) is 5.02 Å². The fourth-order valence-electron chi connectivity index (χ4n) is 4.27. The third-order valence-corrected chi connectivity index (χ3v) is 7.00. The number of ether oxygens (including phenoxy) is 2. The summed E-state index contributed by atoms with van der Waals surface area (Å²) in [5.41, 5.74) is 4.09. The van der Waals surface area contributed by atoms with Gasteiger partial charge in [0.2, 0.25) is 0 Å². The standard InChI is InChI=1S/C27H33ClN4O3/c1-19-26(28)20(2)32(30-19)24-9-7-22(8-10-24)27(33)29-18-21-5-4-6-25(17-21)35-16-13-31(3)23-11-14-34-15-12-23/h4-10,17,23H,11-16,18H2,1-3H3,(H,29,33). The zero-order chi connectivity index (χ0) is 24.8. The predicted octanol–water partition coefficient (Wildman–Crippen LogP) is 4.56. The Morgan fingerprint density at radius 3 is 2.63 bits per heavy atom. The van der Waals surface area contributed by atoms with Gasteiger partial charge in [0.05, 0.1) is 22.1 Å². The van der Waals surface area contributed by atoms with Crippen LogP contribution in [0.15, 0.2) is 48.5 Å². The molecule has 0 radical (unpaired) electrons. The van der Waals surface area contributed by atoms with Crippen molar-refractivity contribution < 1.29 is 14.3 Å². The lowest BCUT2D eigenvalue weighted by molar-refractivity contribution is 0.0392. The first kappa shape index (κ1) is 25.2. The highest BCUT2D eigenvalue weighted by Gasteiger charge is 2.18. The zero-order valence-corrected chi connectivity index (χ0v) is 21.3. The van der Waals surface area contributed by atoms with Gasteiger partial charge in [-0.25, -0.2) is 4.68 Å². The quantitative estimate of drug-likeness (QED) is 0.470. The molecule has 1 aliphatic heterocycles. The van der Waals surface area contributed by atoms with Gasteiger partial charge in [-0.05, 0) is 75.7 Å². The van der Waals surface area contributed by atoms with Gasteiger partial charge in [-0.1, -0.05) is 23.7 Å². The zero-order valence-electron chi connectivity index (χ0n) is 20.6. The molecule has 0 aliphatic carbocycles. The van der Waals surface area contributed by atoms with Crippen molar-refractivity contribution in [2.75, 3.05) is 33.4 Å². The number of aromatic nitrogens is 2. The molecule has 2 heterocycles. The second kappa shape index (κ2) is 11.7. The number of likely N-dealkylation sites (N-methyl/N-ethyl adjacent to an activating group) is 1. The highest BCUT2D eigenvalue weighted by Crippen LogP contribution is 2.22. The molecule has 0 spiro atoms. The van der Waals surface area contributed by atoms with Crippen molar-refractivity contribution >= 4 is 17.5 Å². The molecule has 8 heteroatoms. The van der Waals surface area contributed by atoms with Crippen LogP contribution in [0, 0.1) is 13.8 Å². The minimum absolute atomic E-state index is 0.132. The smallest absolute Gasteiger partial charge is 0.251 e. The number of hydrogen-bond donors (Lipinski definition) is 1. The summed E-state index contributed by atoms with van der Waals surface area (Å²) in [5.74, 6) is 0.678. The number of nitrogens with one attached hydrogen (secondary N) is 1. The minimum Gasteiger partial charge on any atom is -0.492 e. The van der Waals surface area contributed by atoms with E-state index in [0.717, 1.165) is 61.0 Å². The summed E-state index contributed by atoms with van der Waals surface area (Å²) in [6, 6.07) is 15.8. The van der Waals surface area contributed by atoms with Crippen LogP contribution in [0.5, 0.6) is 5.75 Å². The Bertz CT molecular complexity index is 1140. The van der Waals surface area contributed by atoms with Crippen LogP contribution in [0.1, 0.15) is 40.2 Å². The van der Waals surface area contributed by atoms with Crippen LogP contribution >= 0.6 is 11.6 Å². The lowest BCUT2D eigenvalue weighted by Crippen LogP contribution is -2.38. The highest BCUT2D eigenvalue weighted by atomic mass is 35.5. The molecule has 0 bridgehead atoms. The van der Waals surface area contributed by atoms with E-state index in [4.69, 9.17) is 21.1 Å². The van der Waals surface area contributed by atoms with Gasteiger partial charge < -0.3 is 14.8 Å². The molecule has 1 aromatic heterocycles. The van der Waals surface area contributed by atoms with Crippen LogP contribution in [-0.2, 0) is 11.3 Å². The van der Waals surface area contributed by atoms with E-state index in [1.165, 1.54) is 0 Å². The first-order valence-corrected chi connectivity index (χ1v) is 12.4. The van der Waals surface area contributed by atoms with Crippen molar-refractivity contribution in [2.45, 2.75) is 39.3 Å². The number of amides is 1. The van der Waals surface area contributed by atoms with Crippen molar-refractivity contribution in [1.29, 1.82) is 0 Å². The van der Waals surface area contributed by atoms with E-state index in [2.05, 4.69) is 22.4 Å². The van der Waals surface area contributed by atoms with E-state index in [0.29, 0.717) is 29.8 Å². The summed E-state index contributed by atoms with van der Waals surface area (Å²) in [4.78, 5) is 15.0. The van der Waals surface area contributed by atoms with E-state index >= 15 is 0 Å². The van der Waals surface area contributed by atoms with Gasteiger partial charge in [0.1, 0.15) is 12.4 Å². The lowest BCUT2D eigenvalue weighted by atomic mass is 10.1. The fraction of sp³-hybridized carbons (Fsp3) is 0.407. The fourth-order valence-corrected chi connectivity index (χ4v) is 4.39. The van der Waals surface area contributed by atoms with Gasteiger partial charge in [0, 0.05) is 37.9 Å². The van der Waals surface area contributed by atoms with E-state index in [1.807, 2.05) is 50.2 Å². The molecule has 1 saturated heterocycles. The highest BCUT2D eigenvalue weighted by molar-refractivity contribution is 6.31. The summed E-state index contributed by atoms with van der Waals surface area (Å²) in [6.45, 7) is 7.39. The predicted molar refractivity (Wildman–Crippen MR) is 138 cm³/mol. The van der Waals surface area contributed by atoms with Crippen LogP contribution in [0.25, 0.3) is 5.69 Å². The lowest BCUT2D eigenvalue weighted by Gasteiger charge is -2.31. The van der Waals surface area contributed by atoms with E-state index in [1.54, 1.807) is 16.8 Å². The van der Waals surface area contributed by atoms with Gasteiger partial charge in [-0.15, -0.1) is 0 Å². The van der Waals surface area contributed by atoms with Gasteiger partial charge in [0.25, 0.3) is 5.91 Å². The second-order valence-electron chi connectivity index (χ2n) is 8.95. The van der Waals surface area contributed by atoms with Crippen molar-refractivity contribution in [3.05, 3.63) is 76.1 Å². The molecular weight excluding hydrogens is 464 g/mol. The van der Waals surface area contributed by atoms with Crippen molar-refractivity contribution in [1.82, 2.24) is 20.0 Å². The number of benzene rings is 2. The van der Waals surface area contributed by atoms with E-state index < -0.39 is 0 Å². The maximum absolute atomic E-state index is 12.7. The van der Waals surface area contributed by atoms with E-state index in [-0.39, 0.29) is 5.91 Å². The van der Waals surface area contributed by atoms with Crippen LogP contribution < -0.4 is 10.1 Å². The largest absolute Gasteiger partial charge is 0.492 e. The SMILES string of the molecule is Cc1nn(-c2ccc(C(=O)NCc3cccc(OCCN(C)C4CCOCC4)c3)cc2)c(C)c1Cl. The van der Waals surface area contributed by atoms with Crippen molar-refractivity contribution in [3.63, 3.8) is 0 Å². The normalized spacial score (nSPS) is 14.3. The number of rotatable bonds is 9. The molecular formula is C27H33ClN4O3. The topological polar surface area (TPSA) is 68.6 Å². The van der Waals surface area contributed by atoms with Crippen molar-refractivity contribution in [2.24, 2.45) is 0 Å². The summed E-state index contributed by atoms with van der Waals surface area (Å²) in [6.07, 6.45) is 2.15. The van der Waals surface area contributed by atoms with Gasteiger partial charge >= 0.3 is 0 Å². The third kappa shape index (κ3) is 6.42. The Morgan fingerprint density at radius 1 is 1.20 bits per heavy atom. The average molecular weight is 497 g/mol. The number of hydrogen-bond acceptors (Lipinski definition) is 5. The first-order chi connectivity index (χ1) is 16.9. The van der Waals surface area contributed by atoms with Gasteiger partial charge in [-0.3, -0.25) is 9.69 Å². The summed E-state index contributed by atoms with van der Waals surface area (Å²) in [5, 5.41) is 8.10. The van der Waals surface area contributed by atoms with E-state index in [9.17, 15) is 4.79 Å². The Hall–Kier alpha value is -2.87. The maximum atomic E-state index is 12.7. The van der Waals surface area contributed by atoms with Crippen LogP contribution in [0.4, 0.5) is 0 Å². The van der Waals surface area contributed by atoms with Crippen LogP contribution in [0.3, 0.4) is 0 Å². The van der Waals surface area contributed by atoms with Gasteiger partial charge in [0.15, 0.2) is 0 Å². The van der Waals surface area contributed by atoms with Crippen molar-refractivity contribution in [3.8, 4) is 11.4 Å². The maximum Gasteiger partial charge on any atom is 0.251 e. The molecule has 2 aromatic carbocycles. The number of nitrogens with zero attached hydrogens (tertiary/aromatic N) is 3. The Labute approximate surface area is 212 Å². The number of halogens is 1. The average Bonchev–Trinajstić information content (AvgIpc) is 3.15. The third-order valence-electron chi connectivity index (χ3n) is 6.46.